The molecule has 0 spiro atoms. The summed E-state index contributed by atoms with van der Waals surface area (Å²) in [5, 5.41) is 9.68. The number of thiazole rings is 1. The van der Waals surface area contributed by atoms with Gasteiger partial charge >= 0.3 is 6.36 Å². The Kier molecular flexibility index (Phi) is 7.01. The number of fused-ring (bicyclic) bond motifs is 2. The number of benzene rings is 2. The maximum absolute atomic E-state index is 13.6. The summed E-state index contributed by atoms with van der Waals surface area (Å²) in [5.74, 6) is -2.14. The van der Waals surface area contributed by atoms with Crippen molar-refractivity contribution in [2.45, 2.75) is 31.1 Å². The summed E-state index contributed by atoms with van der Waals surface area (Å²) in [6.07, 6.45) is -2.70. The van der Waals surface area contributed by atoms with E-state index in [1.54, 1.807) is 11.9 Å². The van der Waals surface area contributed by atoms with Crippen molar-refractivity contribution >= 4 is 44.0 Å². The largest absolute Gasteiger partial charge is 0.573 e. The Morgan fingerprint density at radius 3 is 2.92 bits per heavy atom. The van der Waals surface area contributed by atoms with Crippen molar-refractivity contribution < 1.29 is 32.2 Å². The number of para-hydroxylation sites is 2. The maximum atomic E-state index is 13.6. The fraction of sp³-hybridized carbons (Fsp3) is 0.417. The van der Waals surface area contributed by atoms with Crippen molar-refractivity contribution in [3.8, 4) is 5.75 Å². The zero-order valence-electron chi connectivity index (χ0n) is 19.9. The molecule has 1 amide bonds. The summed E-state index contributed by atoms with van der Waals surface area (Å²) < 4.78 is 53.6. The smallest absolute Gasteiger partial charge is 0.406 e. The van der Waals surface area contributed by atoms with Gasteiger partial charge in [-0.1, -0.05) is 23.5 Å². The third-order valence-corrected chi connectivity index (χ3v) is 7.09. The second-order valence-corrected chi connectivity index (χ2v) is 9.73. The number of hydrogen-bond donors (Lipinski definition) is 3. The average Bonchev–Trinajstić information content (AvgIpc) is 3.57. The van der Waals surface area contributed by atoms with Gasteiger partial charge in [-0.2, -0.15) is 0 Å². The van der Waals surface area contributed by atoms with E-state index in [0.29, 0.717) is 28.6 Å². The molecular formula is C24H26F3N5O4S. The van der Waals surface area contributed by atoms with Crippen LogP contribution in [0.15, 0.2) is 42.5 Å². The molecule has 2 atom stereocenters. The van der Waals surface area contributed by atoms with Crippen LogP contribution in [0.1, 0.15) is 12.8 Å². The molecule has 0 aliphatic carbocycles. The Balaban J connectivity index is 1.33. The Labute approximate surface area is 214 Å². The molecule has 198 valence electrons. The number of rotatable bonds is 9. The lowest BCUT2D eigenvalue weighted by atomic mass is 10.2. The number of likely N-dealkylation sites (N-methyl/N-ethyl adjacent to an activating group) is 1. The highest BCUT2D eigenvalue weighted by molar-refractivity contribution is 7.22. The second-order valence-electron chi connectivity index (χ2n) is 8.70. The third kappa shape index (κ3) is 5.53. The first kappa shape index (κ1) is 25.4. The zero-order chi connectivity index (χ0) is 26.0. The summed E-state index contributed by atoms with van der Waals surface area (Å²) in [6, 6.07) is 11.4. The van der Waals surface area contributed by atoms with E-state index in [1.165, 1.54) is 18.2 Å². The standard InChI is InChI=1S/C24H26F3N5O4S/c1-32-19-7-3-2-6-17(19)30-23(32,21(33)28-10-12-34-14-16-5-4-11-35-16)31-22-29-18-9-8-15(13-20(18)37-22)36-24(25,26)27/h2-3,6-9,13,16,30H,4-5,10-12,14H2,1H3,(H,28,33)(H,29,31). The number of alkyl halides is 3. The summed E-state index contributed by atoms with van der Waals surface area (Å²) >= 11 is 1.11. The first-order valence-corrected chi connectivity index (χ1v) is 12.6. The molecule has 1 fully saturated rings. The van der Waals surface area contributed by atoms with E-state index in [4.69, 9.17) is 9.47 Å². The van der Waals surface area contributed by atoms with E-state index in [2.05, 4.69) is 25.7 Å². The lowest BCUT2D eigenvalue weighted by Crippen LogP contribution is -2.65. The predicted octanol–water partition coefficient (Wildman–Crippen LogP) is 4.13. The Bertz CT molecular complexity index is 1270. The van der Waals surface area contributed by atoms with Crippen LogP contribution in [-0.4, -0.2) is 62.6 Å². The monoisotopic (exact) mass is 537 g/mol. The number of carbonyl (C=O) groups excluding carboxylic acids is 1. The predicted molar refractivity (Wildman–Crippen MR) is 134 cm³/mol. The molecule has 0 radical (unpaired) electrons. The van der Waals surface area contributed by atoms with E-state index in [9.17, 15) is 18.0 Å². The number of nitrogens with one attached hydrogen (secondary N) is 3. The number of anilines is 3. The van der Waals surface area contributed by atoms with Gasteiger partial charge in [-0.3, -0.25) is 4.79 Å². The molecule has 0 bridgehead atoms. The molecule has 0 saturated carbocycles. The molecule has 9 nitrogen and oxygen atoms in total. The number of nitrogens with zero attached hydrogens (tertiary/aromatic N) is 2. The average molecular weight is 538 g/mol. The van der Waals surface area contributed by atoms with Crippen LogP contribution in [0.2, 0.25) is 0 Å². The minimum absolute atomic E-state index is 0.0990. The van der Waals surface area contributed by atoms with Gasteiger partial charge in [0.15, 0.2) is 5.13 Å². The maximum Gasteiger partial charge on any atom is 0.573 e. The minimum Gasteiger partial charge on any atom is -0.406 e. The fourth-order valence-electron chi connectivity index (χ4n) is 4.38. The number of halogens is 3. The summed E-state index contributed by atoms with van der Waals surface area (Å²) in [7, 11) is 1.77. The van der Waals surface area contributed by atoms with Crippen LogP contribution in [0, 0.1) is 0 Å². The van der Waals surface area contributed by atoms with Crippen molar-refractivity contribution in [1.82, 2.24) is 10.3 Å². The van der Waals surface area contributed by atoms with E-state index in [1.807, 2.05) is 24.3 Å². The lowest BCUT2D eigenvalue weighted by Gasteiger charge is -2.36. The Morgan fingerprint density at radius 1 is 1.32 bits per heavy atom. The van der Waals surface area contributed by atoms with Crippen LogP contribution in [0.25, 0.3) is 10.2 Å². The van der Waals surface area contributed by atoms with Gasteiger partial charge in [-0.05, 0) is 37.1 Å². The summed E-state index contributed by atoms with van der Waals surface area (Å²) in [6.45, 7) is 1.83. The van der Waals surface area contributed by atoms with Crippen molar-refractivity contribution in [3.63, 3.8) is 0 Å². The van der Waals surface area contributed by atoms with Crippen LogP contribution < -0.4 is 25.6 Å². The number of carbonyl (C=O) groups is 1. The van der Waals surface area contributed by atoms with Gasteiger partial charge in [0.25, 0.3) is 11.7 Å². The van der Waals surface area contributed by atoms with Crippen molar-refractivity contribution in [3.05, 3.63) is 42.5 Å². The van der Waals surface area contributed by atoms with E-state index >= 15 is 0 Å². The number of ether oxygens (including phenoxy) is 3. The van der Waals surface area contributed by atoms with Crippen LogP contribution in [-0.2, 0) is 14.3 Å². The fourth-order valence-corrected chi connectivity index (χ4v) is 5.32. The Morgan fingerprint density at radius 2 is 2.16 bits per heavy atom. The molecule has 3 aromatic rings. The molecule has 1 saturated heterocycles. The number of hydrogen-bond acceptors (Lipinski definition) is 9. The van der Waals surface area contributed by atoms with Gasteiger partial charge < -0.3 is 35.1 Å². The summed E-state index contributed by atoms with van der Waals surface area (Å²) in [4.78, 5) is 19.8. The van der Waals surface area contributed by atoms with E-state index in [-0.39, 0.29) is 24.3 Å². The highest BCUT2D eigenvalue weighted by Crippen LogP contribution is 2.40. The first-order chi connectivity index (χ1) is 17.7. The van der Waals surface area contributed by atoms with Gasteiger partial charge in [-0.25, -0.2) is 4.98 Å². The molecule has 37 heavy (non-hydrogen) atoms. The van der Waals surface area contributed by atoms with E-state index < -0.39 is 12.1 Å². The normalized spacial score (nSPS) is 21.1. The SMILES string of the molecule is CN1c2ccccc2NC1(Nc1nc2ccc(OC(F)(F)F)cc2s1)C(=O)NCCOCC1CCCO1. The molecule has 3 heterocycles. The molecule has 2 aromatic carbocycles. The first-order valence-electron chi connectivity index (χ1n) is 11.8. The molecule has 13 heteroatoms. The third-order valence-electron chi connectivity index (χ3n) is 6.15. The molecule has 3 N–H and O–H groups in total. The van der Waals surface area contributed by atoms with Crippen molar-refractivity contribution in [2.75, 3.05) is 48.9 Å². The molecular weight excluding hydrogens is 511 g/mol. The molecule has 2 aliphatic rings. The summed E-state index contributed by atoms with van der Waals surface area (Å²) in [5.41, 5.74) is 2.00. The van der Waals surface area contributed by atoms with E-state index in [0.717, 1.165) is 42.2 Å². The van der Waals surface area contributed by atoms with Gasteiger partial charge in [0.1, 0.15) is 5.75 Å². The van der Waals surface area contributed by atoms with Gasteiger partial charge in [0.2, 0.25) is 0 Å². The molecule has 2 aliphatic heterocycles. The highest BCUT2D eigenvalue weighted by atomic mass is 32.1. The minimum atomic E-state index is -4.79. The van der Waals surface area contributed by atoms with Gasteiger partial charge in [-0.15, -0.1) is 13.2 Å². The highest BCUT2D eigenvalue weighted by Gasteiger charge is 2.49. The van der Waals surface area contributed by atoms with Crippen LogP contribution in [0.3, 0.4) is 0 Å². The number of amides is 1. The molecule has 2 unspecified atom stereocenters. The van der Waals surface area contributed by atoms with Gasteiger partial charge in [0.05, 0.1) is 40.9 Å². The van der Waals surface area contributed by atoms with Crippen molar-refractivity contribution in [1.29, 1.82) is 0 Å². The van der Waals surface area contributed by atoms with Crippen LogP contribution in [0.4, 0.5) is 29.7 Å². The quantitative estimate of drug-likeness (QED) is 0.351. The second kappa shape index (κ2) is 10.2. The number of aromatic nitrogens is 1. The molecule has 5 rings (SSSR count). The zero-order valence-corrected chi connectivity index (χ0v) is 20.7. The van der Waals surface area contributed by atoms with Gasteiger partial charge in [0, 0.05) is 26.3 Å². The van der Waals surface area contributed by atoms with Crippen molar-refractivity contribution in [2.24, 2.45) is 0 Å². The lowest BCUT2D eigenvalue weighted by molar-refractivity contribution is -0.274. The topological polar surface area (TPSA) is 97.0 Å². The molecule has 1 aromatic heterocycles. The van der Waals surface area contributed by atoms with Crippen LogP contribution in [0.5, 0.6) is 5.75 Å². The Hall–Kier alpha value is -3.29. The van der Waals surface area contributed by atoms with Crippen LogP contribution >= 0.6 is 11.3 Å².